The predicted octanol–water partition coefficient (Wildman–Crippen LogP) is 3.62. The van der Waals surface area contributed by atoms with Gasteiger partial charge in [0.2, 0.25) is 5.91 Å². The second-order valence-corrected chi connectivity index (χ2v) is 7.89. The number of thioether (sulfide) groups is 1. The van der Waals surface area contributed by atoms with Crippen molar-refractivity contribution < 1.29 is 9.90 Å². The van der Waals surface area contributed by atoms with Gasteiger partial charge in [0, 0.05) is 12.6 Å². The Bertz CT molecular complexity index is 805. The quantitative estimate of drug-likeness (QED) is 0.561. The van der Waals surface area contributed by atoms with E-state index in [0.29, 0.717) is 34.8 Å². The van der Waals surface area contributed by atoms with Crippen molar-refractivity contribution in [1.82, 2.24) is 20.1 Å². The summed E-state index contributed by atoms with van der Waals surface area (Å²) >= 11 is 1.35. The van der Waals surface area contributed by atoms with Gasteiger partial charge in [-0.3, -0.25) is 9.36 Å². The fraction of sp³-hybridized carbons (Fsp3) is 0.450. The molecule has 0 unspecified atom stereocenters. The summed E-state index contributed by atoms with van der Waals surface area (Å²) < 4.78 is 1.86. The van der Waals surface area contributed by atoms with Crippen LogP contribution >= 0.6 is 11.8 Å². The fourth-order valence-corrected chi connectivity index (χ4v) is 4.22. The van der Waals surface area contributed by atoms with Crippen molar-refractivity contribution in [3.63, 3.8) is 0 Å². The molecule has 3 rings (SSSR count). The fourth-order valence-electron chi connectivity index (χ4n) is 3.46. The lowest BCUT2D eigenvalue weighted by atomic mass is 9.86. The molecule has 2 aromatic rings. The second kappa shape index (κ2) is 9.08. The van der Waals surface area contributed by atoms with Gasteiger partial charge in [0.25, 0.3) is 0 Å². The van der Waals surface area contributed by atoms with E-state index in [4.69, 9.17) is 0 Å². The van der Waals surface area contributed by atoms with Crippen molar-refractivity contribution in [2.45, 2.75) is 50.4 Å². The van der Waals surface area contributed by atoms with E-state index in [0.717, 1.165) is 6.42 Å². The normalized spacial score (nSPS) is 19.6. The van der Waals surface area contributed by atoms with E-state index in [1.54, 1.807) is 24.3 Å². The van der Waals surface area contributed by atoms with Gasteiger partial charge in [-0.2, -0.15) is 0 Å². The number of benzene rings is 1. The predicted molar refractivity (Wildman–Crippen MR) is 108 cm³/mol. The number of carbonyl (C=O) groups excluding carboxylic acids is 1. The summed E-state index contributed by atoms with van der Waals surface area (Å²) in [7, 11) is 0. The molecule has 0 bridgehead atoms. The number of carbonyl (C=O) groups is 1. The highest BCUT2D eigenvalue weighted by Crippen LogP contribution is 2.30. The molecule has 6 nitrogen and oxygen atoms in total. The molecule has 1 aliphatic rings. The topological polar surface area (TPSA) is 80.0 Å². The molecule has 2 N–H and O–H groups in total. The monoisotopic (exact) mass is 386 g/mol. The highest BCUT2D eigenvalue weighted by Gasteiger charge is 2.23. The number of rotatable bonds is 7. The molecule has 1 saturated carbocycles. The zero-order valence-corrected chi connectivity index (χ0v) is 16.4. The summed E-state index contributed by atoms with van der Waals surface area (Å²) in [5.41, 5.74) is 0.610. The van der Waals surface area contributed by atoms with Gasteiger partial charge >= 0.3 is 0 Å². The standard InChI is InChI=1S/C20H26N4O2S/c1-3-12-24-19(15-9-5-7-11-17(15)25)22-23-20(24)27-13-18(26)21-16-10-6-4-8-14(16)2/h3,5,7,9,11,14,16,25H,1,4,6,8,10,12-13H2,2H3,(H,21,26)/t14-,16+/m0/s1. The molecule has 1 amide bonds. The summed E-state index contributed by atoms with van der Waals surface area (Å²) in [5.74, 6) is 1.56. The Labute approximate surface area is 164 Å². The van der Waals surface area contributed by atoms with Crippen LogP contribution in [-0.4, -0.2) is 37.6 Å². The molecule has 1 aromatic carbocycles. The second-order valence-electron chi connectivity index (χ2n) is 6.95. The molecular formula is C20H26N4O2S. The third-order valence-electron chi connectivity index (χ3n) is 4.96. The highest BCUT2D eigenvalue weighted by atomic mass is 32.2. The minimum atomic E-state index is 0.0241. The Kier molecular flexibility index (Phi) is 6.55. The number of aromatic nitrogens is 3. The van der Waals surface area contributed by atoms with E-state index in [9.17, 15) is 9.90 Å². The number of aromatic hydroxyl groups is 1. The Morgan fingerprint density at radius 2 is 2.15 bits per heavy atom. The molecule has 1 aliphatic carbocycles. The van der Waals surface area contributed by atoms with Gasteiger partial charge in [-0.05, 0) is 30.9 Å². The van der Waals surface area contributed by atoms with Crippen molar-refractivity contribution in [3.05, 3.63) is 36.9 Å². The molecule has 7 heteroatoms. The van der Waals surface area contributed by atoms with E-state index >= 15 is 0 Å². The molecule has 1 aromatic heterocycles. The summed E-state index contributed by atoms with van der Waals surface area (Å²) in [4.78, 5) is 12.4. The van der Waals surface area contributed by atoms with Crippen LogP contribution in [0.15, 0.2) is 42.1 Å². The van der Waals surface area contributed by atoms with Gasteiger partial charge in [0.1, 0.15) is 5.75 Å². The summed E-state index contributed by atoms with van der Waals surface area (Å²) in [6.07, 6.45) is 6.42. The molecule has 0 saturated heterocycles. The smallest absolute Gasteiger partial charge is 0.230 e. The highest BCUT2D eigenvalue weighted by molar-refractivity contribution is 7.99. The Morgan fingerprint density at radius 1 is 1.37 bits per heavy atom. The lowest BCUT2D eigenvalue weighted by Crippen LogP contribution is -2.41. The molecule has 0 spiro atoms. The largest absolute Gasteiger partial charge is 0.507 e. The molecular weight excluding hydrogens is 360 g/mol. The summed E-state index contributed by atoms with van der Waals surface area (Å²) in [5, 5.41) is 22.4. The van der Waals surface area contributed by atoms with E-state index in [2.05, 4.69) is 29.0 Å². The minimum absolute atomic E-state index is 0.0241. The van der Waals surface area contributed by atoms with Gasteiger partial charge in [0.05, 0.1) is 11.3 Å². The number of allylic oxidation sites excluding steroid dienone is 1. The van der Waals surface area contributed by atoms with Crippen molar-refractivity contribution in [1.29, 1.82) is 0 Å². The summed E-state index contributed by atoms with van der Waals surface area (Å²) in [6, 6.07) is 7.29. The number of hydrogen-bond donors (Lipinski definition) is 2. The first kappa shape index (κ1) is 19.5. The van der Waals surface area contributed by atoms with Crippen LogP contribution in [0.3, 0.4) is 0 Å². The minimum Gasteiger partial charge on any atom is -0.507 e. The van der Waals surface area contributed by atoms with E-state index < -0.39 is 0 Å². The van der Waals surface area contributed by atoms with Crippen LogP contribution in [0.1, 0.15) is 32.6 Å². The first-order chi connectivity index (χ1) is 13.1. The molecule has 0 aliphatic heterocycles. The van der Waals surface area contributed by atoms with Gasteiger partial charge in [-0.1, -0.05) is 49.7 Å². The van der Waals surface area contributed by atoms with Crippen LogP contribution in [0, 0.1) is 5.92 Å². The third kappa shape index (κ3) is 4.71. The van der Waals surface area contributed by atoms with Crippen LogP contribution in [0.5, 0.6) is 5.75 Å². The zero-order chi connectivity index (χ0) is 19.2. The molecule has 1 heterocycles. The third-order valence-corrected chi connectivity index (χ3v) is 5.93. The Hall–Kier alpha value is -2.28. The maximum Gasteiger partial charge on any atom is 0.230 e. The lowest BCUT2D eigenvalue weighted by molar-refractivity contribution is -0.119. The molecule has 2 atom stereocenters. The summed E-state index contributed by atoms with van der Waals surface area (Å²) in [6.45, 7) is 6.49. The van der Waals surface area contributed by atoms with Crippen LogP contribution < -0.4 is 5.32 Å². The number of para-hydroxylation sites is 1. The number of phenols is 1. The zero-order valence-electron chi connectivity index (χ0n) is 15.6. The van der Waals surface area contributed by atoms with Gasteiger partial charge in [-0.25, -0.2) is 0 Å². The van der Waals surface area contributed by atoms with E-state index in [-0.39, 0.29) is 17.7 Å². The van der Waals surface area contributed by atoms with Crippen LogP contribution in [0.2, 0.25) is 0 Å². The van der Waals surface area contributed by atoms with Gasteiger partial charge < -0.3 is 10.4 Å². The maximum atomic E-state index is 12.4. The first-order valence-electron chi connectivity index (χ1n) is 9.34. The SMILES string of the molecule is C=CCn1c(SCC(=O)N[C@@H]2CCCC[C@@H]2C)nnc1-c1ccccc1O. The molecule has 27 heavy (non-hydrogen) atoms. The number of phenolic OH excluding ortho intramolecular Hbond substituents is 1. The van der Waals surface area contributed by atoms with Crippen molar-refractivity contribution in [2.24, 2.45) is 5.92 Å². The number of amides is 1. The van der Waals surface area contributed by atoms with Crippen molar-refractivity contribution >= 4 is 17.7 Å². The van der Waals surface area contributed by atoms with Gasteiger partial charge in [-0.15, -0.1) is 16.8 Å². The number of nitrogens with zero attached hydrogens (tertiary/aromatic N) is 3. The van der Waals surface area contributed by atoms with Crippen LogP contribution in [-0.2, 0) is 11.3 Å². The lowest BCUT2D eigenvalue weighted by Gasteiger charge is -2.29. The van der Waals surface area contributed by atoms with E-state index in [1.165, 1.54) is 31.0 Å². The average Bonchev–Trinajstić information content (AvgIpc) is 3.05. The first-order valence-corrected chi connectivity index (χ1v) is 10.3. The average molecular weight is 387 g/mol. The molecule has 0 radical (unpaired) electrons. The maximum absolute atomic E-state index is 12.4. The van der Waals surface area contributed by atoms with E-state index in [1.807, 2.05) is 10.6 Å². The van der Waals surface area contributed by atoms with Crippen LogP contribution in [0.4, 0.5) is 0 Å². The molecule has 144 valence electrons. The van der Waals surface area contributed by atoms with Crippen LogP contribution in [0.25, 0.3) is 11.4 Å². The Morgan fingerprint density at radius 3 is 2.89 bits per heavy atom. The Balaban J connectivity index is 1.69. The number of hydrogen-bond acceptors (Lipinski definition) is 5. The van der Waals surface area contributed by atoms with Crippen molar-refractivity contribution in [2.75, 3.05) is 5.75 Å². The number of nitrogens with one attached hydrogen (secondary N) is 1. The van der Waals surface area contributed by atoms with Gasteiger partial charge in [0.15, 0.2) is 11.0 Å². The molecule has 1 fully saturated rings. The van der Waals surface area contributed by atoms with Crippen molar-refractivity contribution in [3.8, 4) is 17.1 Å².